The highest BCUT2D eigenvalue weighted by molar-refractivity contribution is 5.89. The van der Waals surface area contributed by atoms with Gasteiger partial charge in [-0.2, -0.15) is 0 Å². The summed E-state index contributed by atoms with van der Waals surface area (Å²) in [5, 5.41) is 3.08. The third-order valence-electron chi connectivity index (χ3n) is 5.97. The van der Waals surface area contributed by atoms with Crippen molar-refractivity contribution in [2.75, 3.05) is 6.54 Å². The molecule has 0 radical (unpaired) electrons. The summed E-state index contributed by atoms with van der Waals surface area (Å²) in [5.74, 6) is 0.0842. The third-order valence-corrected chi connectivity index (χ3v) is 5.97. The van der Waals surface area contributed by atoms with Crippen molar-refractivity contribution in [2.24, 2.45) is 5.92 Å². The van der Waals surface area contributed by atoms with Crippen LogP contribution in [0.2, 0.25) is 0 Å². The Morgan fingerprint density at radius 2 is 1.60 bits per heavy atom. The molecule has 1 saturated carbocycles. The Hall–Kier alpha value is -2.62. The Bertz CT molecular complexity index is 785. The summed E-state index contributed by atoms with van der Waals surface area (Å²) in [6.45, 7) is 3.20. The zero-order valence-corrected chi connectivity index (χ0v) is 18.1. The highest BCUT2D eigenvalue weighted by atomic mass is 16.2. The maximum absolute atomic E-state index is 13.5. The van der Waals surface area contributed by atoms with Crippen LogP contribution in [0.25, 0.3) is 0 Å². The summed E-state index contributed by atoms with van der Waals surface area (Å²) in [7, 11) is 0. The molecule has 1 N–H and O–H groups in total. The fourth-order valence-electron chi connectivity index (χ4n) is 4.27. The van der Waals surface area contributed by atoms with Gasteiger partial charge in [0.2, 0.25) is 11.8 Å². The molecule has 160 valence electrons. The molecule has 0 aliphatic heterocycles. The van der Waals surface area contributed by atoms with Gasteiger partial charge in [0.25, 0.3) is 0 Å². The van der Waals surface area contributed by atoms with E-state index in [0.717, 1.165) is 49.7 Å². The van der Waals surface area contributed by atoms with Crippen molar-refractivity contribution >= 4 is 11.8 Å². The first-order valence-corrected chi connectivity index (χ1v) is 11.4. The number of amides is 2. The second-order valence-corrected chi connectivity index (χ2v) is 8.24. The Morgan fingerprint density at radius 3 is 2.23 bits per heavy atom. The van der Waals surface area contributed by atoms with Crippen LogP contribution in [-0.2, 0) is 16.1 Å². The lowest BCUT2D eigenvalue weighted by atomic mass is 9.87. The standard InChI is InChI=1S/C26H34N2O2/c1-2-3-19-28(26(30)23-17-11-6-12-18-23)24(22-15-9-5-10-16-22)25(29)27-20-21-13-7-4-8-14-21/h4-5,7-10,13-16,23-24H,2-3,6,11-12,17-20H2,1H3,(H,27,29)/t24-/m1/s1. The zero-order valence-electron chi connectivity index (χ0n) is 18.1. The van der Waals surface area contributed by atoms with Gasteiger partial charge >= 0.3 is 0 Å². The van der Waals surface area contributed by atoms with E-state index in [-0.39, 0.29) is 17.7 Å². The lowest BCUT2D eigenvalue weighted by Gasteiger charge is -2.35. The van der Waals surface area contributed by atoms with Crippen molar-refractivity contribution in [3.63, 3.8) is 0 Å². The average molecular weight is 407 g/mol. The summed E-state index contributed by atoms with van der Waals surface area (Å²) in [4.78, 5) is 28.8. The summed E-state index contributed by atoms with van der Waals surface area (Å²) in [5.41, 5.74) is 1.93. The monoisotopic (exact) mass is 406 g/mol. The van der Waals surface area contributed by atoms with Crippen molar-refractivity contribution in [3.8, 4) is 0 Å². The summed E-state index contributed by atoms with van der Waals surface area (Å²) < 4.78 is 0. The van der Waals surface area contributed by atoms with Gasteiger partial charge in [-0.25, -0.2) is 0 Å². The number of rotatable bonds is 9. The second-order valence-electron chi connectivity index (χ2n) is 8.24. The molecule has 0 heterocycles. The zero-order chi connectivity index (χ0) is 21.2. The van der Waals surface area contributed by atoms with E-state index in [1.807, 2.05) is 65.6 Å². The van der Waals surface area contributed by atoms with Gasteiger partial charge in [0.15, 0.2) is 0 Å². The van der Waals surface area contributed by atoms with Crippen LogP contribution < -0.4 is 5.32 Å². The number of carbonyl (C=O) groups is 2. The molecule has 0 aromatic heterocycles. The predicted molar refractivity (Wildman–Crippen MR) is 121 cm³/mol. The fourth-order valence-corrected chi connectivity index (χ4v) is 4.27. The summed E-state index contributed by atoms with van der Waals surface area (Å²) >= 11 is 0. The van der Waals surface area contributed by atoms with Crippen LogP contribution in [0, 0.1) is 5.92 Å². The Morgan fingerprint density at radius 1 is 0.967 bits per heavy atom. The van der Waals surface area contributed by atoms with E-state index in [1.54, 1.807) is 0 Å². The highest BCUT2D eigenvalue weighted by Crippen LogP contribution is 2.30. The van der Waals surface area contributed by atoms with Gasteiger partial charge in [0.05, 0.1) is 0 Å². The molecule has 2 aromatic carbocycles. The van der Waals surface area contributed by atoms with Gasteiger partial charge in [0, 0.05) is 19.0 Å². The molecule has 4 heteroatoms. The van der Waals surface area contributed by atoms with Crippen LogP contribution in [0.3, 0.4) is 0 Å². The van der Waals surface area contributed by atoms with Gasteiger partial charge in [-0.3, -0.25) is 9.59 Å². The number of carbonyl (C=O) groups excluding carboxylic acids is 2. The number of hydrogen-bond acceptors (Lipinski definition) is 2. The molecular weight excluding hydrogens is 372 g/mol. The van der Waals surface area contributed by atoms with Crippen molar-refractivity contribution in [1.29, 1.82) is 0 Å². The summed E-state index contributed by atoms with van der Waals surface area (Å²) in [6, 6.07) is 19.1. The van der Waals surface area contributed by atoms with E-state index in [2.05, 4.69) is 12.2 Å². The van der Waals surface area contributed by atoms with E-state index in [1.165, 1.54) is 6.42 Å². The van der Waals surface area contributed by atoms with Gasteiger partial charge in [-0.15, -0.1) is 0 Å². The minimum Gasteiger partial charge on any atom is -0.350 e. The maximum atomic E-state index is 13.5. The minimum atomic E-state index is -0.587. The van der Waals surface area contributed by atoms with Crippen LogP contribution in [0.5, 0.6) is 0 Å². The van der Waals surface area contributed by atoms with Crippen LogP contribution in [0.1, 0.15) is 69.0 Å². The molecule has 1 aliphatic rings. The summed E-state index contributed by atoms with van der Waals surface area (Å²) in [6.07, 6.45) is 7.18. The van der Waals surface area contributed by atoms with Crippen molar-refractivity contribution in [1.82, 2.24) is 10.2 Å². The molecule has 1 fully saturated rings. The first-order chi connectivity index (χ1) is 14.7. The van der Waals surface area contributed by atoms with Crippen molar-refractivity contribution in [2.45, 2.75) is 64.5 Å². The first-order valence-electron chi connectivity index (χ1n) is 11.4. The molecule has 3 rings (SSSR count). The lowest BCUT2D eigenvalue weighted by Crippen LogP contribution is -2.46. The highest BCUT2D eigenvalue weighted by Gasteiger charge is 2.34. The van der Waals surface area contributed by atoms with Crippen molar-refractivity contribution in [3.05, 3.63) is 71.8 Å². The molecule has 30 heavy (non-hydrogen) atoms. The minimum absolute atomic E-state index is 0.0451. The lowest BCUT2D eigenvalue weighted by molar-refractivity contribution is -0.145. The molecular formula is C26H34N2O2. The van der Waals surface area contributed by atoms with Gasteiger partial charge < -0.3 is 10.2 Å². The van der Waals surface area contributed by atoms with E-state index < -0.39 is 6.04 Å². The number of unbranched alkanes of at least 4 members (excludes halogenated alkanes) is 1. The van der Waals surface area contributed by atoms with Crippen molar-refractivity contribution < 1.29 is 9.59 Å². The maximum Gasteiger partial charge on any atom is 0.247 e. The van der Waals surface area contributed by atoms with Gasteiger partial charge in [-0.1, -0.05) is 93.3 Å². The molecule has 0 unspecified atom stereocenters. The number of hydrogen-bond donors (Lipinski definition) is 1. The fraction of sp³-hybridized carbons (Fsp3) is 0.462. The van der Waals surface area contributed by atoms with Crippen LogP contribution >= 0.6 is 0 Å². The normalized spacial score (nSPS) is 15.4. The average Bonchev–Trinajstić information content (AvgIpc) is 2.81. The van der Waals surface area contributed by atoms with E-state index in [0.29, 0.717) is 13.1 Å². The quantitative estimate of drug-likeness (QED) is 0.618. The first kappa shape index (κ1) is 22.1. The number of nitrogens with zero attached hydrogens (tertiary/aromatic N) is 1. The SMILES string of the molecule is CCCCN(C(=O)C1CCCCC1)[C@@H](C(=O)NCc1ccccc1)c1ccccc1. The molecule has 2 aromatic rings. The molecule has 0 spiro atoms. The third kappa shape index (κ3) is 5.94. The number of nitrogens with one attached hydrogen (secondary N) is 1. The van der Waals surface area contributed by atoms with E-state index in [4.69, 9.17) is 0 Å². The van der Waals surface area contributed by atoms with E-state index >= 15 is 0 Å². The number of benzene rings is 2. The Labute approximate surface area is 180 Å². The van der Waals surface area contributed by atoms with Crippen LogP contribution in [0.15, 0.2) is 60.7 Å². The van der Waals surface area contributed by atoms with E-state index in [9.17, 15) is 9.59 Å². The topological polar surface area (TPSA) is 49.4 Å². The Balaban J connectivity index is 1.84. The predicted octanol–water partition coefficient (Wildman–Crippen LogP) is 5.25. The molecule has 0 saturated heterocycles. The second kappa shape index (κ2) is 11.5. The van der Waals surface area contributed by atoms with Crippen LogP contribution in [-0.4, -0.2) is 23.3 Å². The Kier molecular flexibility index (Phi) is 8.49. The molecule has 1 aliphatic carbocycles. The largest absolute Gasteiger partial charge is 0.350 e. The van der Waals surface area contributed by atoms with Gasteiger partial charge in [-0.05, 0) is 30.4 Å². The van der Waals surface area contributed by atoms with Gasteiger partial charge in [0.1, 0.15) is 6.04 Å². The molecule has 4 nitrogen and oxygen atoms in total. The molecule has 1 atom stereocenters. The molecule has 2 amide bonds. The smallest absolute Gasteiger partial charge is 0.247 e. The molecule has 0 bridgehead atoms. The van der Waals surface area contributed by atoms with Crippen LogP contribution in [0.4, 0.5) is 0 Å².